The SMILES string of the molecule is CNc1ccc(Oc2ccnc(/C=N\N=O)c2)cc1N. The molecule has 2 aromatic rings. The molecule has 0 atom stereocenters. The number of hydrogen-bond acceptors (Lipinski definition) is 6. The van der Waals surface area contributed by atoms with Gasteiger partial charge in [0.05, 0.1) is 28.6 Å². The minimum atomic E-state index is 0.474. The molecule has 1 aromatic heterocycles. The molecule has 0 unspecified atom stereocenters. The second-order valence-electron chi connectivity index (χ2n) is 3.84. The molecule has 0 saturated carbocycles. The zero-order chi connectivity index (χ0) is 14.4. The number of nitrogens with zero attached hydrogens (tertiary/aromatic N) is 3. The van der Waals surface area contributed by atoms with Crippen molar-refractivity contribution in [1.82, 2.24) is 4.98 Å². The van der Waals surface area contributed by atoms with Gasteiger partial charge in [0, 0.05) is 25.4 Å². The molecule has 0 aliphatic heterocycles. The third kappa shape index (κ3) is 3.29. The summed E-state index contributed by atoms with van der Waals surface area (Å²) in [6, 6.07) is 8.66. The summed E-state index contributed by atoms with van der Waals surface area (Å²) in [4.78, 5) is 13.9. The summed E-state index contributed by atoms with van der Waals surface area (Å²) >= 11 is 0. The van der Waals surface area contributed by atoms with E-state index < -0.39 is 0 Å². The Morgan fingerprint density at radius 2 is 2.10 bits per heavy atom. The normalized spacial score (nSPS) is 10.4. The van der Waals surface area contributed by atoms with Crippen molar-refractivity contribution < 1.29 is 4.74 Å². The molecular formula is C13H13N5O2. The minimum absolute atomic E-state index is 0.474. The van der Waals surface area contributed by atoms with Crippen molar-refractivity contribution in [3.8, 4) is 11.5 Å². The molecule has 7 heteroatoms. The molecule has 0 radical (unpaired) electrons. The van der Waals surface area contributed by atoms with Crippen LogP contribution in [0.5, 0.6) is 11.5 Å². The molecular weight excluding hydrogens is 258 g/mol. The van der Waals surface area contributed by atoms with Crippen LogP contribution in [0.15, 0.2) is 46.9 Å². The number of aromatic nitrogens is 1. The molecule has 0 bridgehead atoms. The van der Waals surface area contributed by atoms with E-state index in [1.807, 2.05) is 6.07 Å². The molecule has 2 rings (SSSR count). The number of rotatable bonds is 5. The molecule has 1 heterocycles. The van der Waals surface area contributed by atoms with Crippen molar-refractivity contribution in [3.05, 3.63) is 47.1 Å². The Labute approximate surface area is 115 Å². The third-order valence-electron chi connectivity index (χ3n) is 2.52. The summed E-state index contributed by atoms with van der Waals surface area (Å²) in [7, 11) is 1.79. The lowest BCUT2D eigenvalue weighted by Gasteiger charge is -2.09. The summed E-state index contributed by atoms with van der Waals surface area (Å²) in [5, 5.41) is 8.59. The number of anilines is 2. The van der Waals surface area contributed by atoms with Crippen LogP contribution in [0.25, 0.3) is 0 Å². The molecule has 0 aliphatic rings. The number of nitroso groups, excluding NO2 is 1. The topological polar surface area (TPSA) is 102 Å². The molecule has 102 valence electrons. The summed E-state index contributed by atoms with van der Waals surface area (Å²) in [5.74, 6) is 1.16. The van der Waals surface area contributed by atoms with Crippen LogP contribution in [-0.2, 0) is 0 Å². The third-order valence-corrected chi connectivity index (χ3v) is 2.52. The van der Waals surface area contributed by atoms with E-state index >= 15 is 0 Å². The molecule has 0 fully saturated rings. The molecule has 0 aliphatic carbocycles. The first-order chi connectivity index (χ1) is 9.72. The fraction of sp³-hybridized carbons (Fsp3) is 0.0769. The number of hydrogen-bond donors (Lipinski definition) is 2. The van der Waals surface area contributed by atoms with Crippen molar-refractivity contribution in [3.63, 3.8) is 0 Å². The lowest BCUT2D eigenvalue weighted by Crippen LogP contribution is -1.96. The van der Waals surface area contributed by atoms with Gasteiger partial charge < -0.3 is 15.8 Å². The number of nitrogen functional groups attached to an aromatic ring is 1. The van der Waals surface area contributed by atoms with Gasteiger partial charge in [-0.15, -0.1) is 10.0 Å². The van der Waals surface area contributed by atoms with Crippen LogP contribution >= 0.6 is 0 Å². The minimum Gasteiger partial charge on any atom is -0.457 e. The Balaban J connectivity index is 2.19. The van der Waals surface area contributed by atoms with Crippen molar-refractivity contribution in [1.29, 1.82) is 0 Å². The van der Waals surface area contributed by atoms with E-state index in [4.69, 9.17) is 10.5 Å². The van der Waals surface area contributed by atoms with Crippen molar-refractivity contribution >= 4 is 17.6 Å². The summed E-state index contributed by atoms with van der Waals surface area (Å²) < 4.78 is 5.66. The first-order valence-corrected chi connectivity index (χ1v) is 5.80. The zero-order valence-corrected chi connectivity index (χ0v) is 10.8. The van der Waals surface area contributed by atoms with Gasteiger partial charge in [-0.3, -0.25) is 4.98 Å². The average Bonchev–Trinajstić information content (AvgIpc) is 2.46. The molecule has 0 saturated heterocycles. The van der Waals surface area contributed by atoms with Gasteiger partial charge in [0.15, 0.2) is 0 Å². The number of benzene rings is 1. The number of ether oxygens (including phenoxy) is 1. The highest BCUT2D eigenvalue weighted by Gasteiger charge is 2.02. The fourth-order valence-corrected chi connectivity index (χ4v) is 1.61. The van der Waals surface area contributed by atoms with Gasteiger partial charge in [-0.25, -0.2) is 0 Å². The monoisotopic (exact) mass is 271 g/mol. The maximum Gasteiger partial charge on any atom is 0.131 e. The van der Waals surface area contributed by atoms with Crippen molar-refractivity contribution in [2.75, 3.05) is 18.1 Å². The number of nitrogens with two attached hydrogens (primary N) is 1. The Kier molecular flexibility index (Phi) is 4.23. The Hall–Kier alpha value is -2.96. The first-order valence-electron chi connectivity index (χ1n) is 5.80. The second-order valence-corrected chi connectivity index (χ2v) is 3.84. The number of pyridine rings is 1. The Bertz CT molecular complexity index is 642. The summed E-state index contributed by atoms with van der Waals surface area (Å²) in [6.45, 7) is 0. The van der Waals surface area contributed by atoms with E-state index in [0.717, 1.165) is 5.69 Å². The van der Waals surface area contributed by atoms with E-state index in [0.29, 0.717) is 22.9 Å². The second kappa shape index (κ2) is 6.28. The first kappa shape index (κ1) is 13.5. The van der Waals surface area contributed by atoms with Gasteiger partial charge in [-0.2, -0.15) is 0 Å². The highest BCUT2D eigenvalue weighted by molar-refractivity contribution is 5.77. The smallest absolute Gasteiger partial charge is 0.131 e. The van der Waals surface area contributed by atoms with Crippen LogP contribution < -0.4 is 15.8 Å². The van der Waals surface area contributed by atoms with Crippen LogP contribution in [0.4, 0.5) is 11.4 Å². The molecule has 20 heavy (non-hydrogen) atoms. The lowest BCUT2D eigenvalue weighted by atomic mass is 10.2. The fourth-order valence-electron chi connectivity index (χ4n) is 1.61. The maximum absolute atomic E-state index is 9.93. The predicted molar refractivity (Wildman–Crippen MR) is 78.1 cm³/mol. The highest BCUT2D eigenvalue weighted by Crippen LogP contribution is 2.27. The summed E-state index contributed by atoms with van der Waals surface area (Å²) in [6.07, 6.45) is 2.80. The Morgan fingerprint density at radius 1 is 1.30 bits per heavy atom. The summed E-state index contributed by atoms with van der Waals surface area (Å²) in [5.41, 5.74) is 7.75. The quantitative estimate of drug-likeness (QED) is 0.376. The van der Waals surface area contributed by atoms with E-state index in [9.17, 15) is 4.91 Å². The average molecular weight is 271 g/mol. The molecule has 0 spiro atoms. The molecule has 3 N–H and O–H groups in total. The van der Waals surface area contributed by atoms with Gasteiger partial charge in [-0.05, 0) is 18.2 Å². The van der Waals surface area contributed by atoms with Gasteiger partial charge in [-0.1, -0.05) is 0 Å². The van der Waals surface area contributed by atoms with Crippen LogP contribution in [0.3, 0.4) is 0 Å². The van der Waals surface area contributed by atoms with Crippen molar-refractivity contribution in [2.45, 2.75) is 0 Å². The maximum atomic E-state index is 9.93. The predicted octanol–water partition coefficient (Wildman–Crippen LogP) is 2.60. The molecule has 0 amide bonds. The molecule has 1 aromatic carbocycles. The van der Waals surface area contributed by atoms with Gasteiger partial charge >= 0.3 is 0 Å². The molecule has 7 nitrogen and oxygen atoms in total. The van der Waals surface area contributed by atoms with Gasteiger partial charge in [0.1, 0.15) is 11.5 Å². The van der Waals surface area contributed by atoms with E-state index in [1.54, 1.807) is 37.5 Å². The van der Waals surface area contributed by atoms with E-state index in [-0.39, 0.29) is 0 Å². The lowest BCUT2D eigenvalue weighted by molar-refractivity contribution is 0.482. The van der Waals surface area contributed by atoms with Crippen LogP contribution in [-0.4, -0.2) is 18.2 Å². The van der Waals surface area contributed by atoms with E-state index in [2.05, 4.69) is 20.7 Å². The number of nitrogens with one attached hydrogen (secondary N) is 1. The van der Waals surface area contributed by atoms with Crippen LogP contribution in [0, 0.1) is 4.91 Å². The van der Waals surface area contributed by atoms with E-state index in [1.165, 1.54) is 6.21 Å². The highest BCUT2D eigenvalue weighted by atomic mass is 16.5. The Morgan fingerprint density at radius 3 is 2.80 bits per heavy atom. The largest absolute Gasteiger partial charge is 0.457 e. The van der Waals surface area contributed by atoms with Crippen molar-refractivity contribution in [2.24, 2.45) is 10.4 Å². The van der Waals surface area contributed by atoms with Crippen LogP contribution in [0.2, 0.25) is 0 Å². The van der Waals surface area contributed by atoms with Crippen LogP contribution in [0.1, 0.15) is 5.69 Å². The standard InChI is InChI=1S/C13H13N5O2/c1-15-13-3-2-10(7-12(13)14)20-11-4-5-16-9(6-11)8-17-18-19/h2-8,15H,14H2,1H3/b17-8-. The van der Waals surface area contributed by atoms with Gasteiger partial charge in [0.2, 0.25) is 0 Å². The zero-order valence-electron chi connectivity index (χ0n) is 10.8. The van der Waals surface area contributed by atoms with Gasteiger partial charge in [0.25, 0.3) is 0 Å².